The number of hydrogen-bond acceptors (Lipinski definition) is 7. The molecule has 0 radical (unpaired) electrons. The molecule has 2 aliphatic heterocycles. The molecule has 10 heteroatoms. The quantitative estimate of drug-likeness (QED) is 0.458. The van der Waals surface area contributed by atoms with Crippen molar-refractivity contribution in [1.82, 2.24) is 4.90 Å². The van der Waals surface area contributed by atoms with Crippen LogP contribution in [0.3, 0.4) is 0 Å². The summed E-state index contributed by atoms with van der Waals surface area (Å²) < 4.78 is 28.2. The Morgan fingerprint density at radius 2 is 2.00 bits per heavy atom. The van der Waals surface area contributed by atoms with Crippen LogP contribution in [0.1, 0.15) is 20.8 Å². The summed E-state index contributed by atoms with van der Waals surface area (Å²) in [5.41, 5.74) is 5.32. The van der Waals surface area contributed by atoms with Gasteiger partial charge in [0.2, 0.25) is 5.91 Å². The monoisotopic (exact) mass is 334 g/mol. The van der Waals surface area contributed by atoms with E-state index in [1.807, 2.05) is 0 Å². The Hall–Kier alpha value is -1.68. The zero-order valence-electron chi connectivity index (χ0n) is 12.3. The molecule has 0 aromatic carbocycles. The molecular weight excluding hydrogens is 316 g/mol. The molecule has 0 bridgehead atoms. The lowest BCUT2D eigenvalue weighted by Crippen LogP contribution is -2.64. The second-order valence-corrected chi connectivity index (χ2v) is 8.68. The highest BCUT2D eigenvalue weighted by molar-refractivity contribution is 7.93. The summed E-state index contributed by atoms with van der Waals surface area (Å²) in [7, 11) is -3.91. The molecule has 2 saturated heterocycles. The molecule has 22 heavy (non-hydrogen) atoms. The van der Waals surface area contributed by atoms with Gasteiger partial charge in [-0.2, -0.15) is 0 Å². The van der Waals surface area contributed by atoms with Crippen LogP contribution in [0.25, 0.3) is 0 Å². The molecule has 2 fully saturated rings. The summed E-state index contributed by atoms with van der Waals surface area (Å²) >= 11 is 0. The van der Waals surface area contributed by atoms with Gasteiger partial charge in [0.15, 0.2) is 15.2 Å². The number of carbonyl (C=O) groups is 3. The Bertz CT molecular complexity index is 640. The first-order chi connectivity index (χ1) is 9.94. The normalized spacial score (nSPS) is 32.8. The number of β-lactam (4-membered cyclic amide) rings is 1. The van der Waals surface area contributed by atoms with Gasteiger partial charge in [-0.05, 0) is 20.8 Å². The van der Waals surface area contributed by atoms with Crippen LogP contribution < -0.4 is 5.73 Å². The average molecular weight is 334 g/mol. The van der Waals surface area contributed by atoms with Gasteiger partial charge in [0.1, 0.15) is 24.6 Å². The van der Waals surface area contributed by atoms with Gasteiger partial charge in [-0.15, -0.1) is 0 Å². The van der Waals surface area contributed by atoms with E-state index in [0.717, 1.165) is 4.90 Å². The van der Waals surface area contributed by atoms with Crippen LogP contribution in [-0.2, 0) is 29.0 Å². The summed E-state index contributed by atoms with van der Waals surface area (Å²) in [5, 5.41) is 7.96. The van der Waals surface area contributed by atoms with Crippen molar-refractivity contribution >= 4 is 27.7 Å². The maximum atomic E-state index is 12.5. The summed E-state index contributed by atoms with van der Waals surface area (Å²) in [6.07, 6.45) is 0. The Kier molecular flexibility index (Phi) is 3.73. The molecule has 1 amide bonds. The zero-order chi connectivity index (χ0) is 17.0. The standard InChI is InChI=1S/C12H18N2O7S/c1-5(13)11(18)21-4-6-8(15)14-7(10(16)17)12(2,3)22(19,20)9(6)14/h5-7,9H,4,13H2,1-3H3,(H,16,17)/t5-,6+,7+,9-/m1/s1. The average Bonchev–Trinajstić information content (AvgIpc) is 2.52. The molecule has 0 aromatic rings. The van der Waals surface area contributed by atoms with Crippen LogP contribution in [0, 0.1) is 5.92 Å². The van der Waals surface area contributed by atoms with Gasteiger partial charge in [0.05, 0.1) is 4.75 Å². The number of carbonyl (C=O) groups excluding carboxylic acids is 2. The lowest BCUT2D eigenvalue weighted by molar-refractivity contribution is -0.169. The van der Waals surface area contributed by atoms with E-state index in [-0.39, 0.29) is 0 Å². The lowest BCUT2D eigenvalue weighted by Gasteiger charge is -2.42. The number of amides is 1. The largest absolute Gasteiger partial charge is 0.480 e. The fourth-order valence-corrected chi connectivity index (χ4v) is 5.17. The van der Waals surface area contributed by atoms with Crippen molar-refractivity contribution in [2.75, 3.05) is 6.61 Å². The second kappa shape index (κ2) is 4.92. The molecule has 9 nitrogen and oxygen atoms in total. The second-order valence-electron chi connectivity index (χ2n) is 6.05. The van der Waals surface area contributed by atoms with E-state index in [2.05, 4.69) is 0 Å². The van der Waals surface area contributed by atoms with Gasteiger partial charge < -0.3 is 20.5 Å². The van der Waals surface area contributed by atoms with Gasteiger partial charge in [-0.1, -0.05) is 0 Å². The molecule has 3 N–H and O–H groups in total. The minimum absolute atomic E-state index is 0.429. The van der Waals surface area contributed by atoms with Gasteiger partial charge in [0.25, 0.3) is 0 Å². The van der Waals surface area contributed by atoms with E-state index < -0.39 is 62.4 Å². The number of fused-ring (bicyclic) bond motifs is 1. The minimum atomic E-state index is -3.91. The maximum absolute atomic E-state index is 12.5. The molecule has 0 aromatic heterocycles. The molecule has 0 unspecified atom stereocenters. The number of sulfone groups is 1. The number of nitrogens with zero attached hydrogens (tertiary/aromatic N) is 1. The van der Waals surface area contributed by atoms with E-state index in [1.54, 1.807) is 0 Å². The molecule has 0 aliphatic carbocycles. The third-order valence-corrected chi connectivity index (χ3v) is 7.07. The Morgan fingerprint density at radius 1 is 1.45 bits per heavy atom. The van der Waals surface area contributed by atoms with Crippen LogP contribution in [0.4, 0.5) is 0 Å². The van der Waals surface area contributed by atoms with Crippen molar-refractivity contribution in [3.8, 4) is 0 Å². The summed E-state index contributed by atoms with van der Waals surface area (Å²) in [5.74, 6) is -3.87. The Balaban J connectivity index is 2.27. The fourth-order valence-electron chi connectivity index (χ4n) is 2.87. The Morgan fingerprint density at radius 3 is 2.45 bits per heavy atom. The van der Waals surface area contributed by atoms with Gasteiger partial charge >= 0.3 is 11.9 Å². The highest BCUT2D eigenvalue weighted by atomic mass is 32.2. The van der Waals surface area contributed by atoms with Crippen molar-refractivity contribution < 1.29 is 32.6 Å². The van der Waals surface area contributed by atoms with Crippen molar-refractivity contribution in [3.05, 3.63) is 0 Å². The first kappa shape index (κ1) is 16.7. The first-order valence-electron chi connectivity index (χ1n) is 6.65. The predicted octanol–water partition coefficient (Wildman–Crippen LogP) is -1.68. The first-order valence-corrected chi connectivity index (χ1v) is 8.20. The summed E-state index contributed by atoms with van der Waals surface area (Å²) in [6.45, 7) is 3.52. The number of rotatable bonds is 4. The van der Waals surface area contributed by atoms with E-state index in [1.165, 1.54) is 20.8 Å². The van der Waals surface area contributed by atoms with E-state index >= 15 is 0 Å². The van der Waals surface area contributed by atoms with Gasteiger partial charge in [-0.25, -0.2) is 13.2 Å². The van der Waals surface area contributed by atoms with Crippen LogP contribution in [-0.4, -0.2) is 65.1 Å². The number of hydrogen-bond donors (Lipinski definition) is 2. The Labute approximate surface area is 127 Å². The predicted molar refractivity (Wildman–Crippen MR) is 73.2 cm³/mol. The minimum Gasteiger partial charge on any atom is -0.480 e. The van der Waals surface area contributed by atoms with Crippen LogP contribution in [0.15, 0.2) is 0 Å². The smallest absolute Gasteiger partial charge is 0.328 e. The number of ether oxygens (including phenoxy) is 1. The number of carboxylic acids is 1. The molecule has 2 rings (SSSR count). The third kappa shape index (κ3) is 2.01. The van der Waals surface area contributed by atoms with Crippen molar-refractivity contribution in [3.63, 3.8) is 0 Å². The molecule has 2 heterocycles. The molecule has 0 saturated carbocycles. The number of aliphatic carboxylic acids is 1. The van der Waals surface area contributed by atoms with E-state index in [9.17, 15) is 27.9 Å². The lowest BCUT2D eigenvalue weighted by atomic mass is 9.92. The number of carboxylic acid groups (broad SMARTS) is 1. The summed E-state index contributed by atoms with van der Waals surface area (Å²) in [4.78, 5) is 35.6. The van der Waals surface area contributed by atoms with Crippen molar-refractivity contribution in [2.45, 2.75) is 43.0 Å². The van der Waals surface area contributed by atoms with Crippen LogP contribution >= 0.6 is 0 Å². The molecule has 2 aliphatic rings. The molecule has 124 valence electrons. The highest BCUT2D eigenvalue weighted by Crippen LogP contribution is 2.48. The van der Waals surface area contributed by atoms with Gasteiger partial charge in [-0.3, -0.25) is 9.59 Å². The van der Waals surface area contributed by atoms with E-state index in [0.29, 0.717) is 0 Å². The molecule has 0 spiro atoms. The number of esters is 1. The topological polar surface area (TPSA) is 144 Å². The fraction of sp³-hybridized carbons (Fsp3) is 0.750. The van der Waals surface area contributed by atoms with Crippen LogP contribution in [0.5, 0.6) is 0 Å². The van der Waals surface area contributed by atoms with Crippen molar-refractivity contribution in [2.24, 2.45) is 11.7 Å². The maximum Gasteiger partial charge on any atom is 0.328 e. The highest BCUT2D eigenvalue weighted by Gasteiger charge is 2.72. The SMILES string of the molecule is C[C@@H](N)C(=O)OC[C@H]1C(=O)N2[C@@H](C(=O)O)C(C)(C)S(=O)(=O)[C@H]12. The summed E-state index contributed by atoms with van der Waals surface area (Å²) in [6, 6.07) is -2.34. The zero-order valence-corrected chi connectivity index (χ0v) is 13.2. The number of nitrogens with two attached hydrogens (primary N) is 1. The third-order valence-electron chi connectivity index (χ3n) is 4.19. The van der Waals surface area contributed by atoms with Crippen molar-refractivity contribution in [1.29, 1.82) is 0 Å². The van der Waals surface area contributed by atoms with E-state index in [4.69, 9.17) is 10.5 Å². The van der Waals surface area contributed by atoms with Crippen LogP contribution in [0.2, 0.25) is 0 Å². The van der Waals surface area contributed by atoms with Gasteiger partial charge in [0, 0.05) is 0 Å². The molecular formula is C12H18N2O7S. The molecule has 4 atom stereocenters.